The van der Waals surface area contributed by atoms with Crippen LogP contribution in [0.2, 0.25) is 0 Å². The number of urea groups is 1. The number of amides is 3. The minimum Gasteiger partial charge on any atom is -0.490 e. The van der Waals surface area contributed by atoms with E-state index in [0.717, 1.165) is 12.0 Å². The molecule has 6 heteroatoms. The maximum absolute atomic E-state index is 13.2. The number of benzene rings is 2. The lowest BCUT2D eigenvalue weighted by atomic mass is 9.94. The van der Waals surface area contributed by atoms with E-state index in [0.29, 0.717) is 36.8 Å². The third-order valence-corrected chi connectivity index (χ3v) is 5.54. The van der Waals surface area contributed by atoms with Crippen LogP contribution in [0.4, 0.5) is 16.2 Å². The Balaban J connectivity index is 1.82. The highest BCUT2D eigenvalue weighted by atomic mass is 16.5. The van der Waals surface area contributed by atoms with Crippen LogP contribution in [-0.4, -0.2) is 36.0 Å². The third-order valence-electron chi connectivity index (χ3n) is 5.54. The molecule has 0 bridgehead atoms. The minimum absolute atomic E-state index is 0.0332. The van der Waals surface area contributed by atoms with Gasteiger partial charge < -0.3 is 19.9 Å². The van der Waals surface area contributed by atoms with Gasteiger partial charge in [0, 0.05) is 23.7 Å². The number of ether oxygens (including phenoxy) is 1. The summed E-state index contributed by atoms with van der Waals surface area (Å²) in [7, 11) is 0. The summed E-state index contributed by atoms with van der Waals surface area (Å²) in [5.41, 5.74) is 1.92. The molecule has 2 aromatic carbocycles. The normalized spacial score (nSPS) is 14.3. The van der Waals surface area contributed by atoms with E-state index in [1.807, 2.05) is 81.1 Å². The molecule has 1 aliphatic heterocycles. The lowest BCUT2D eigenvalue weighted by Gasteiger charge is -2.34. The monoisotopic (exact) mass is 423 g/mol. The molecule has 0 radical (unpaired) electrons. The first-order valence-corrected chi connectivity index (χ1v) is 10.9. The average molecular weight is 424 g/mol. The Morgan fingerprint density at radius 1 is 1.16 bits per heavy atom. The van der Waals surface area contributed by atoms with Gasteiger partial charge in [-0.15, -0.1) is 0 Å². The van der Waals surface area contributed by atoms with Crippen LogP contribution in [0.25, 0.3) is 0 Å². The van der Waals surface area contributed by atoms with Crippen LogP contribution in [-0.2, 0) is 11.3 Å². The average Bonchev–Trinajstić information content (AvgIpc) is 2.76. The van der Waals surface area contributed by atoms with Crippen LogP contribution < -0.4 is 15.0 Å². The van der Waals surface area contributed by atoms with E-state index in [-0.39, 0.29) is 18.0 Å². The minimum atomic E-state index is -0.503. The summed E-state index contributed by atoms with van der Waals surface area (Å²) in [5.74, 6) is 0.691. The number of hydrogen-bond donors (Lipinski definition) is 1. The van der Waals surface area contributed by atoms with Crippen molar-refractivity contribution in [3.05, 3.63) is 54.1 Å². The number of nitrogens with one attached hydrogen (secondary N) is 1. The molecule has 0 aromatic heterocycles. The Morgan fingerprint density at radius 3 is 2.52 bits per heavy atom. The molecular formula is C25H33N3O3. The van der Waals surface area contributed by atoms with Crippen molar-refractivity contribution in [3.8, 4) is 5.75 Å². The topological polar surface area (TPSA) is 61.9 Å². The number of rotatable bonds is 5. The molecule has 0 saturated carbocycles. The molecular weight excluding hydrogens is 390 g/mol. The third kappa shape index (κ3) is 5.37. The first-order chi connectivity index (χ1) is 14.7. The van der Waals surface area contributed by atoms with Gasteiger partial charge in [0.1, 0.15) is 12.4 Å². The Bertz CT molecular complexity index is 921. The zero-order valence-corrected chi connectivity index (χ0v) is 19.1. The van der Waals surface area contributed by atoms with E-state index in [4.69, 9.17) is 4.74 Å². The van der Waals surface area contributed by atoms with E-state index in [1.54, 1.807) is 4.90 Å². The summed E-state index contributed by atoms with van der Waals surface area (Å²) < 4.78 is 5.74. The quantitative estimate of drug-likeness (QED) is 0.711. The van der Waals surface area contributed by atoms with Crippen molar-refractivity contribution < 1.29 is 14.3 Å². The van der Waals surface area contributed by atoms with Gasteiger partial charge in [0.2, 0.25) is 5.91 Å². The Labute approximate surface area is 185 Å². The second kappa shape index (κ2) is 9.41. The van der Waals surface area contributed by atoms with E-state index >= 15 is 0 Å². The van der Waals surface area contributed by atoms with Crippen LogP contribution >= 0.6 is 0 Å². The molecule has 3 amide bonds. The predicted octanol–water partition coefficient (Wildman–Crippen LogP) is 5.29. The Hall–Kier alpha value is -3.02. The van der Waals surface area contributed by atoms with Crippen LogP contribution in [0.3, 0.4) is 0 Å². The second-order valence-electron chi connectivity index (χ2n) is 9.04. The molecule has 0 saturated heterocycles. The largest absolute Gasteiger partial charge is 0.490 e. The first-order valence-electron chi connectivity index (χ1n) is 10.9. The lowest BCUT2D eigenvalue weighted by molar-refractivity contribution is -0.126. The standard InChI is InChI=1S/C25H33N3O3/c1-6-18(2)28(17-19-10-8-7-9-11-19)24(30)26-20-12-13-22-21(16-20)27(14-15-31-22)23(29)25(3,4)5/h7-13,16,18H,6,14-15,17H2,1-5H3,(H,26,30). The van der Waals surface area contributed by atoms with Gasteiger partial charge in [-0.3, -0.25) is 4.79 Å². The van der Waals surface area contributed by atoms with Crippen LogP contribution in [0.15, 0.2) is 48.5 Å². The Morgan fingerprint density at radius 2 is 1.87 bits per heavy atom. The first kappa shape index (κ1) is 22.7. The summed E-state index contributed by atoms with van der Waals surface area (Å²) >= 11 is 0. The van der Waals surface area contributed by atoms with Crippen molar-refractivity contribution in [2.24, 2.45) is 5.41 Å². The second-order valence-corrected chi connectivity index (χ2v) is 9.04. The molecule has 0 aliphatic carbocycles. The summed E-state index contributed by atoms with van der Waals surface area (Å²) in [6.45, 7) is 11.3. The van der Waals surface area contributed by atoms with E-state index in [9.17, 15) is 9.59 Å². The molecule has 0 fully saturated rings. The SMILES string of the molecule is CCC(C)N(Cc1ccccc1)C(=O)Nc1ccc2c(c1)N(C(=O)C(C)(C)C)CCO2. The molecule has 166 valence electrons. The Kier molecular flexibility index (Phi) is 6.88. The molecule has 1 atom stereocenters. The van der Waals surface area contributed by atoms with Gasteiger partial charge in [-0.2, -0.15) is 0 Å². The summed E-state index contributed by atoms with van der Waals surface area (Å²) in [5, 5.41) is 3.02. The zero-order chi connectivity index (χ0) is 22.6. The van der Waals surface area contributed by atoms with Gasteiger partial charge in [0.25, 0.3) is 0 Å². The van der Waals surface area contributed by atoms with Gasteiger partial charge in [-0.1, -0.05) is 58.0 Å². The summed E-state index contributed by atoms with van der Waals surface area (Å²) in [4.78, 5) is 29.7. The van der Waals surface area contributed by atoms with Crippen molar-refractivity contribution >= 4 is 23.3 Å². The van der Waals surface area contributed by atoms with E-state index in [2.05, 4.69) is 12.2 Å². The van der Waals surface area contributed by atoms with Gasteiger partial charge >= 0.3 is 6.03 Å². The highest BCUT2D eigenvalue weighted by Gasteiger charge is 2.32. The van der Waals surface area contributed by atoms with Crippen molar-refractivity contribution in [2.45, 2.75) is 53.6 Å². The fourth-order valence-corrected chi connectivity index (χ4v) is 3.53. The summed E-state index contributed by atoms with van der Waals surface area (Å²) in [6, 6.07) is 15.4. The maximum Gasteiger partial charge on any atom is 0.322 e. The maximum atomic E-state index is 13.2. The van der Waals surface area contributed by atoms with Gasteiger partial charge in [-0.25, -0.2) is 4.79 Å². The van der Waals surface area contributed by atoms with E-state index in [1.165, 1.54) is 0 Å². The highest BCUT2D eigenvalue weighted by molar-refractivity contribution is 6.00. The molecule has 1 N–H and O–H groups in total. The molecule has 2 aromatic rings. The number of carbonyl (C=O) groups is 2. The molecule has 1 unspecified atom stereocenters. The number of fused-ring (bicyclic) bond motifs is 1. The molecule has 1 heterocycles. The van der Waals surface area contributed by atoms with Crippen molar-refractivity contribution in [1.82, 2.24) is 4.90 Å². The molecule has 6 nitrogen and oxygen atoms in total. The van der Waals surface area contributed by atoms with Gasteiger partial charge in [-0.05, 0) is 37.1 Å². The van der Waals surface area contributed by atoms with E-state index < -0.39 is 5.41 Å². The van der Waals surface area contributed by atoms with Crippen molar-refractivity contribution in [1.29, 1.82) is 0 Å². The van der Waals surface area contributed by atoms with Crippen LogP contribution in [0, 0.1) is 5.41 Å². The van der Waals surface area contributed by atoms with Crippen molar-refractivity contribution in [3.63, 3.8) is 0 Å². The zero-order valence-electron chi connectivity index (χ0n) is 19.1. The molecule has 0 spiro atoms. The molecule has 31 heavy (non-hydrogen) atoms. The number of hydrogen-bond acceptors (Lipinski definition) is 3. The number of nitrogens with zero attached hydrogens (tertiary/aromatic N) is 2. The molecule has 1 aliphatic rings. The van der Waals surface area contributed by atoms with Crippen molar-refractivity contribution in [2.75, 3.05) is 23.4 Å². The fourth-order valence-electron chi connectivity index (χ4n) is 3.53. The molecule has 3 rings (SSSR count). The lowest BCUT2D eigenvalue weighted by Crippen LogP contribution is -2.44. The smallest absolute Gasteiger partial charge is 0.322 e. The van der Waals surface area contributed by atoms with Crippen LogP contribution in [0.5, 0.6) is 5.75 Å². The summed E-state index contributed by atoms with van der Waals surface area (Å²) in [6.07, 6.45) is 0.853. The van der Waals surface area contributed by atoms with Gasteiger partial charge in [0.15, 0.2) is 0 Å². The predicted molar refractivity (Wildman–Crippen MR) is 125 cm³/mol. The number of anilines is 2. The fraction of sp³-hybridized carbons (Fsp3) is 0.440. The van der Waals surface area contributed by atoms with Gasteiger partial charge in [0.05, 0.1) is 12.2 Å². The highest BCUT2D eigenvalue weighted by Crippen LogP contribution is 2.36. The number of carbonyl (C=O) groups excluding carboxylic acids is 2. The van der Waals surface area contributed by atoms with Crippen LogP contribution in [0.1, 0.15) is 46.6 Å².